The summed E-state index contributed by atoms with van der Waals surface area (Å²) < 4.78 is 1.53. The van der Waals surface area contributed by atoms with Crippen LogP contribution in [-0.4, -0.2) is 38.7 Å². The van der Waals surface area contributed by atoms with Crippen molar-refractivity contribution in [3.63, 3.8) is 0 Å². The molecule has 1 saturated heterocycles. The van der Waals surface area contributed by atoms with E-state index in [1.165, 1.54) is 16.8 Å². The Morgan fingerprint density at radius 3 is 2.69 bits per heavy atom. The third kappa shape index (κ3) is 4.36. The van der Waals surface area contributed by atoms with E-state index in [-0.39, 0.29) is 29.6 Å². The third-order valence-corrected chi connectivity index (χ3v) is 4.24. The molecule has 1 aliphatic heterocycles. The summed E-state index contributed by atoms with van der Waals surface area (Å²) in [5, 5.41) is 21.3. The Morgan fingerprint density at radius 1 is 1.35 bits per heavy atom. The first-order chi connectivity index (χ1) is 11.9. The van der Waals surface area contributed by atoms with Crippen LogP contribution in [0.3, 0.4) is 0 Å². The number of aromatic nitrogens is 3. The van der Waals surface area contributed by atoms with E-state index >= 15 is 0 Å². The summed E-state index contributed by atoms with van der Waals surface area (Å²) in [6.45, 7) is 3.57. The first kappa shape index (κ1) is 19.8. The average Bonchev–Trinajstić information content (AvgIpc) is 2.96. The zero-order chi connectivity index (χ0) is 18.0. The fourth-order valence-electron chi connectivity index (χ4n) is 2.94. The van der Waals surface area contributed by atoms with Crippen LogP contribution in [-0.2, 0) is 7.05 Å². The number of nitro groups is 1. The van der Waals surface area contributed by atoms with Gasteiger partial charge in [0.25, 0.3) is 11.6 Å². The average molecular weight is 381 g/mol. The minimum Gasteiger partial charge on any atom is -0.317 e. The number of carbonyl (C=O) groups excluding carboxylic acids is 1. The molecule has 1 amide bonds. The fourth-order valence-corrected chi connectivity index (χ4v) is 2.94. The van der Waals surface area contributed by atoms with Crippen molar-refractivity contribution >= 4 is 29.9 Å². The van der Waals surface area contributed by atoms with E-state index in [0.717, 1.165) is 31.8 Å². The van der Waals surface area contributed by atoms with E-state index in [4.69, 9.17) is 0 Å². The summed E-state index contributed by atoms with van der Waals surface area (Å²) in [4.78, 5) is 27.3. The van der Waals surface area contributed by atoms with Crippen LogP contribution in [0.5, 0.6) is 0 Å². The van der Waals surface area contributed by atoms with Gasteiger partial charge in [-0.3, -0.25) is 20.2 Å². The highest BCUT2D eigenvalue weighted by atomic mass is 35.5. The Balaban J connectivity index is 0.00000243. The number of hydrogen-bond donors (Lipinski definition) is 2. The van der Waals surface area contributed by atoms with Gasteiger partial charge in [0.1, 0.15) is 0 Å². The molecular formula is C16H21ClN6O3. The molecule has 140 valence electrons. The summed E-state index contributed by atoms with van der Waals surface area (Å²) in [5.41, 5.74) is 0.754. The van der Waals surface area contributed by atoms with Gasteiger partial charge < -0.3 is 5.32 Å². The minimum absolute atomic E-state index is 0. The number of piperidine rings is 1. The Kier molecular flexibility index (Phi) is 6.27. The quantitative estimate of drug-likeness (QED) is 0.620. The van der Waals surface area contributed by atoms with Crippen molar-refractivity contribution in [2.24, 2.45) is 7.05 Å². The number of nitrogens with one attached hydrogen (secondary N) is 2. The Labute approximate surface area is 156 Å². The number of benzene rings is 1. The normalized spacial score (nSPS) is 14.5. The van der Waals surface area contributed by atoms with Crippen molar-refractivity contribution < 1.29 is 9.72 Å². The highest BCUT2D eigenvalue weighted by Crippen LogP contribution is 2.23. The van der Waals surface area contributed by atoms with E-state index in [2.05, 4.69) is 20.7 Å². The number of hydrogen-bond acceptors (Lipinski definition) is 6. The molecule has 10 heteroatoms. The highest BCUT2D eigenvalue weighted by Gasteiger charge is 2.22. The lowest BCUT2D eigenvalue weighted by Crippen LogP contribution is -2.27. The van der Waals surface area contributed by atoms with Crippen LogP contribution < -0.4 is 10.6 Å². The SMILES string of the molecule is Cc1cc(C(=O)Nc2nc(C3CCNCC3)nn2C)cc([N+](=O)[O-])c1.Cl. The molecule has 26 heavy (non-hydrogen) atoms. The molecule has 0 bridgehead atoms. The van der Waals surface area contributed by atoms with Gasteiger partial charge in [-0.15, -0.1) is 12.4 Å². The molecule has 0 unspecified atom stereocenters. The van der Waals surface area contributed by atoms with Crippen LogP contribution in [0.1, 0.15) is 40.5 Å². The third-order valence-electron chi connectivity index (χ3n) is 4.24. The number of rotatable bonds is 4. The first-order valence-corrected chi connectivity index (χ1v) is 8.13. The van der Waals surface area contributed by atoms with E-state index in [1.807, 2.05) is 0 Å². The van der Waals surface area contributed by atoms with Crippen LogP contribution in [0.2, 0.25) is 0 Å². The molecule has 0 atom stereocenters. The van der Waals surface area contributed by atoms with E-state index in [0.29, 0.717) is 11.5 Å². The largest absolute Gasteiger partial charge is 0.317 e. The lowest BCUT2D eigenvalue weighted by Gasteiger charge is -2.19. The second-order valence-corrected chi connectivity index (χ2v) is 6.21. The topological polar surface area (TPSA) is 115 Å². The summed E-state index contributed by atoms with van der Waals surface area (Å²) in [7, 11) is 1.71. The summed E-state index contributed by atoms with van der Waals surface area (Å²) in [5.74, 6) is 0.884. The van der Waals surface area contributed by atoms with Gasteiger partial charge in [0.2, 0.25) is 5.95 Å². The number of anilines is 1. The summed E-state index contributed by atoms with van der Waals surface area (Å²) >= 11 is 0. The van der Waals surface area contributed by atoms with Gasteiger partial charge in [-0.05, 0) is 44.5 Å². The molecule has 0 radical (unpaired) electrons. The number of amides is 1. The monoisotopic (exact) mass is 380 g/mol. The molecule has 2 aromatic rings. The molecule has 0 spiro atoms. The predicted molar refractivity (Wildman–Crippen MR) is 98.9 cm³/mol. The molecule has 0 saturated carbocycles. The van der Waals surface area contributed by atoms with Gasteiger partial charge in [-0.1, -0.05) is 0 Å². The van der Waals surface area contributed by atoms with Gasteiger partial charge in [0.15, 0.2) is 5.82 Å². The van der Waals surface area contributed by atoms with Gasteiger partial charge >= 0.3 is 0 Å². The van der Waals surface area contributed by atoms with Crippen LogP contribution in [0.15, 0.2) is 18.2 Å². The summed E-state index contributed by atoms with van der Waals surface area (Å²) in [6.07, 6.45) is 1.92. The fraction of sp³-hybridized carbons (Fsp3) is 0.438. The number of aryl methyl sites for hydroxylation is 2. The number of nitro benzene ring substituents is 1. The second-order valence-electron chi connectivity index (χ2n) is 6.21. The van der Waals surface area contributed by atoms with Gasteiger partial charge in [-0.25, -0.2) is 4.68 Å². The van der Waals surface area contributed by atoms with Crippen LogP contribution in [0.4, 0.5) is 11.6 Å². The molecule has 1 aromatic heterocycles. The Hall–Kier alpha value is -2.52. The number of halogens is 1. The van der Waals surface area contributed by atoms with Crippen molar-refractivity contribution in [2.75, 3.05) is 18.4 Å². The van der Waals surface area contributed by atoms with Gasteiger partial charge in [0.05, 0.1) is 4.92 Å². The van der Waals surface area contributed by atoms with E-state index in [1.54, 1.807) is 20.0 Å². The van der Waals surface area contributed by atoms with Crippen LogP contribution >= 0.6 is 12.4 Å². The Bertz CT molecular complexity index is 816. The molecule has 9 nitrogen and oxygen atoms in total. The minimum atomic E-state index is -0.513. The maximum absolute atomic E-state index is 12.5. The zero-order valence-electron chi connectivity index (χ0n) is 14.6. The molecule has 1 aliphatic rings. The maximum Gasteiger partial charge on any atom is 0.270 e. The van der Waals surface area contributed by atoms with Crippen molar-refractivity contribution in [1.29, 1.82) is 0 Å². The number of non-ortho nitro benzene ring substituents is 1. The smallest absolute Gasteiger partial charge is 0.270 e. The van der Waals surface area contributed by atoms with Gasteiger partial charge in [-0.2, -0.15) is 10.1 Å². The van der Waals surface area contributed by atoms with Crippen molar-refractivity contribution in [1.82, 2.24) is 20.1 Å². The molecule has 0 aliphatic carbocycles. The van der Waals surface area contributed by atoms with Crippen LogP contribution in [0.25, 0.3) is 0 Å². The molecule has 1 aromatic carbocycles. The zero-order valence-corrected chi connectivity index (χ0v) is 15.4. The first-order valence-electron chi connectivity index (χ1n) is 8.13. The van der Waals surface area contributed by atoms with Crippen molar-refractivity contribution in [3.8, 4) is 0 Å². The lowest BCUT2D eigenvalue weighted by atomic mass is 9.98. The van der Waals surface area contributed by atoms with Gasteiger partial charge in [0, 0.05) is 30.7 Å². The molecular weight excluding hydrogens is 360 g/mol. The van der Waals surface area contributed by atoms with E-state index in [9.17, 15) is 14.9 Å². The summed E-state index contributed by atoms with van der Waals surface area (Å²) in [6, 6.07) is 4.28. The molecule has 2 heterocycles. The van der Waals surface area contributed by atoms with Crippen molar-refractivity contribution in [2.45, 2.75) is 25.7 Å². The maximum atomic E-state index is 12.5. The molecule has 3 rings (SSSR count). The lowest BCUT2D eigenvalue weighted by molar-refractivity contribution is -0.384. The molecule has 1 fully saturated rings. The highest BCUT2D eigenvalue weighted by molar-refractivity contribution is 6.03. The van der Waals surface area contributed by atoms with E-state index < -0.39 is 10.8 Å². The second kappa shape index (κ2) is 8.24. The van der Waals surface area contributed by atoms with Crippen LogP contribution in [0, 0.1) is 17.0 Å². The number of nitrogens with zero attached hydrogens (tertiary/aromatic N) is 4. The Morgan fingerprint density at radius 2 is 2.04 bits per heavy atom. The van der Waals surface area contributed by atoms with Crippen molar-refractivity contribution in [3.05, 3.63) is 45.3 Å². The number of carbonyl (C=O) groups is 1. The predicted octanol–water partition coefficient (Wildman–Crippen LogP) is 2.17. The molecule has 2 N–H and O–H groups in total. The standard InChI is InChI=1S/C16H20N6O3.ClH/c1-10-7-12(9-13(8-10)22(24)25)15(23)19-16-18-14(20-21(16)2)11-3-5-17-6-4-11;/h7-9,11,17H,3-6H2,1-2H3,(H,18,19,20,23);1H.